The van der Waals surface area contributed by atoms with Crippen LogP contribution in [0.5, 0.6) is 5.75 Å². The van der Waals surface area contributed by atoms with Crippen molar-refractivity contribution in [1.29, 1.82) is 0 Å². The number of carboxylic acid groups (broad SMARTS) is 1. The average molecular weight is 186 g/mol. The minimum Gasteiger partial charge on any atom is -0.496 e. The molecule has 0 aromatic carbocycles. The zero-order chi connectivity index (χ0) is 8.97. The van der Waals surface area contributed by atoms with Crippen LogP contribution in [0.1, 0.15) is 11.3 Å². The Kier molecular flexibility index (Phi) is 3.10. The lowest BCUT2D eigenvalue weighted by atomic mass is 10.3. The van der Waals surface area contributed by atoms with Gasteiger partial charge < -0.3 is 9.84 Å². The van der Waals surface area contributed by atoms with Crippen molar-refractivity contribution in [2.24, 2.45) is 0 Å². The summed E-state index contributed by atoms with van der Waals surface area (Å²) in [5.41, 5.74) is 0. The Morgan fingerprint density at radius 1 is 1.75 bits per heavy atom. The number of methoxy groups -OCH3 is 1. The molecule has 0 radical (unpaired) electrons. The lowest BCUT2D eigenvalue weighted by Crippen LogP contribution is -1.95. The summed E-state index contributed by atoms with van der Waals surface area (Å²) < 4.78 is 4.96. The minimum atomic E-state index is -0.762. The maximum atomic E-state index is 10.2. The molecular weight excluding hydrogens is 176 g/mol. The highest BCUT2D eigenvalue weighted by Crippen LogP contribution is 2.21. The van der Waals surface area contributed by atoms with Crippen molar-refractivity contribution in [3.8, 4) is 5.75 Å². The molecule has 0 aliphatic carbocycles. The first kappa shape index (κ1) is 9.06. The molecule has 4 heteroatoms. The van der Waals surface area contributed by atoms with Gasteiger partial charge in [-0.1, -0.05) is 0 Å². The van der Waals surface area contributed by atoms with Crippen molar-refractivity contribution in [3.05, 3.63) is 16.3 Å². The maximum absolute atomic E-state index is 10.2. The first-order valence-corrected chi connectivity index (χ1v) is 4.43. The predicted octanol–water partition coefficient (Wildman–Crippen LogP) is 1.77. The number of ether oxygens (including phenoxy) is 1. The lowest BCUT2D eigenvalue weighted by molar-refractivity contribution is -0.136. The Hall–Kier alpha value is -1.03. The number of carbonyl (C=O) groups is 1. The van der Waals surface area contributed by atoms with Crippen LogP contribution >= 0.6 is 11.3 Å². The third kappa shape index (κ3) is 2.54. The van der Waals surface area contributed by atoms with Crippen molar-refractivity contribution in [2.75, 3.05) is 7.11 Å². The maximum Gasteiger partial charge on any atom is 0.303 e. The average Bonchev–Trinajstić information content (AvgIpc) is 2.48. The van der Waals surface area contributed by atoms with Gasteiger partial charge in [0.15, 0.2) is 0 Å². The van der Waals surface area contributed by atoms with E-state index < -0.39 is 5.97 Å². The van der Waals surface area contributed by atoms with E-state index in [9.17, 15) is 4.79 Å². The van der Waals surface area contributed by atoms with E-state index >= 15 is 0 Å². The first-order valence-electron chi connectivity index (χ1n) is 3.55. The van der Waals surface area contributed by atoms with Gasteiger partial charge in [0.05, 0.1) is 13.5 Å². The number of hydrogen-bond acceptors (Lipinski definition) is 3. The second-order valence-corrected chi connectivity index (χ2v) is 3.34. The van der Waals surface area contributed by atoms with E-state index in [2.05, 4.69) is 0 Å². The second kappa shape index (κ2) is 4.11. The van der Waals surface area contributed by atoms with Crippen molar-refractivity contribution >= 4 is 17.3 Å². The fourth-order valence-corrected chi connectivity index (χ4v) is 1.66. The van der Waals surface area contributed by atoms with Gasteiger partial charge in [0.2, 0.25) is 0 Å². The number of aliphatic carboxylic acids is 1. The summed E-state index contributed by atoms with van der Waals surface area (Å²) in [6, 6.07) is 1.87. The van der Waals surface area contributed by atoms with E-state index in [0.717, 1.165) is 10.6 Å². The molecule has 3 nitrogen and oxygen atoms in total. The van der Waals surface area contributed by atoms with E-state index in [-0.39, 0.29) is 6.42 Å². The Labute approximate surface area is 74.6 Å². The van der Waals surface area contributed by atoms with Gasteiger partial charge in [0, 0.05) is 10.3 Å². The summed E-state index contributed by atoms with van der Waals surface area (Å²) >= 11 is 1.53. The van der Waals surface area contributed by atoms with Crippen LogP contribution in [0.25, 0.3) is 0 Å². The molecular formula is C8H10O3S. The lowest BCUT2D eigenvalue weighted by Gasteiger charge is -1.91. The summed E-state index contributed by atoms with van der Waals surface area (Å²) in [4.78, 5) is 11.3. The Bertz CT molecular complexity index is 267. The van der Waals surface area contributed by atoms with Crippen molar-refractivity contribution in [1.82, 2.24) is 0 Å². The molecule has 0 saturated heterocycles. The second-order valence-electron chi connectivity index (χ2n) is 2.35. The smallest absolute Gasteiger partial charge is 0.303 e. The normalized spacial score (nSPS) is 9.75. The van der Waals surface area contributed by atoms with Crippen LogP contribution in [0.15, 0.2) is 11.4 Å². The molecule has 0 aliphatic rings. The van der Waals surface area contributed by atoms with Gasteiger partial charge in [-0.15, -0.1) is 11.3 Å². The predicted molar refractivity (Wildman–Crippen MR) is 46.8 cm³/mol. The Morgan fingerprint density at radius 3 is 3.00 bits per heavy atom. The number of rotatable bonds is 4. The van der Waals surface area contributed by atoms with E-state index in [1.807, 2.05) is 11.4 Å². The van der Waals surface area contributed by atoms with Crippen molar-refractivity contribution in [2.45, 2.75) is 12.8 Å². The molecule has 1 aromatic rings. The van der Waals surface area contributed by atoms with Crippen LogP contribution < -0.4 is 4.74 Å². The zero-order valence-corrected chi connectivity index (χ0v) is 7.56. The van der Waals surface area contributed by atoms with E-state index in [1.165, 1.54) is 11.3 Å². The summed E-state index contributed by atoms with van der Waals surface area (Å²) in [7, 11) is 1.60. The van der Waals surface area contributed by atoms with E-state index in [1.54, 1.807) is 7.11 Å². The van der Waals surface area contributed by atoms with Gasteiger partial charge in [-0.25, -0.2) is 0 Å². The topological polar surface area (TPSA) is 46.5 Å². The molecule has 0 spiro atoms. The summed E-state index contributed by atoms with van der Waals surface area (Å²) in [6.07, 6.45) is 0.771. The van der Waals surface area contributed by atoms with Crippen LogP contribution in [0, 0.1) is 0 Å². The monoisotopic (exact) mass is 186 g/mol. The van der Waals surface area contributed by atoms with Gasteiger partial charge in [-0.3, -0.25) is 4.79 Å². The molecule has 1 rings (SSSR count). The van der Waals surface area contributed by atoms with E-state index in [4.69, 9.17) is 9.84 Å². The molecule has 0 atom stereocenters. The first-order chi connectivity index (χ1) is 5.72. The molecule has 1 heterocycles. The SMILES string of the molecule is COc1csc(CCC(=O)O)c1. The third-order valence-electron chi connectivity index (χ3n) is 1.45. The van der Waals surface area contributed by atoms with Gasteiger partial charge >= 0.3 is 5.97 Å². The van der Waals surface area contributed by atoms with Crippen LogP contribution in [0.2, 0.25) is 0 Å². The van der Waals surface area contributed by atoms with Gasteiger partial charge in [-0.2, -0.15) is 0 Å². The van der Waals surface area contributed by atoms with Crippen molar-refractivity contribution < 1.29 is 14.6 Å². The number of carboxylic acids is 1. The number of thiophene rings is 1. The van der Waals surface area contributed by atoms with Gasteiger partial charge in [0.1, 0.15) is 5.75 Å². The van der Waals surface area contributed by atoms with Gasteiger partial charge in [-0.05, 0) is 12.5 Å². The standard InChI is InChI=1S/C8H10O3S/c1-11-6-4-7(12-5-6)2-3-8(9)10/h4-5H,2-3H2,1H3,(H,9,10). The third-order valence-corrected chi connectivity index (χ3v) is 2.43. The molecule has 0 bridgehead atoms. The van der Waals surface area contributed by atoms with Gasteiger partial charge in [0.25, 0.3) is 0 Å². The Balaban J connectivity index is 2.47. The summed E-state index contributed by atoms with van der Waals surface area (Å²) in [5.74, 6) is 0.0442. The van der Waals surface area contributed by atoms with Crippen molar-refractivity contribution in [3.63, 3.8) is 0 Å². The minimum absolute atomic E-state index is 0.184. The molecule has 1 N–H and O–H groups in total. The van der Waals surface area contributed by atoms with Crippen LogP contribution in [-0.4, -0.2) is 18.2 Å². The number of hydrogen-bond donors (Lipinski definition) is 1. The van der Waals surface area contributed by atoms with Crippen LogP contribution in [0.4, 0.5) is 0 Å². The number of aryl methyl sites for hydroxylation is 1. The van der Waals surface area contributed by atoms with E-state index in [0.29, 0.717) is 6.42 Å². The molecule has 66 valence electrons. The fraction of sp³-hybridized carbons (Fsp3) is 0.375. The molecule has 0 aliphatic heterocycles. The molecule has 1 aromatic heterocycles. The highest BCUT2D eigenvalue weighted by atomic mass is 32.1. The largest absolute Gasteiger partial charge is 0.496 e. The quantitative estimate of drug-likeness (QED) is 0.779. The molecule has 0 fully saturated rings. The Morgan fingerprint density at radius 2 is 2.50 bits per heavy atom. The van der Waals surface area contributed by atoms with Crippen LogP contribution in [-0.2, 0) is 11.2 Å². The molecule has 12 heavy (non-hydrogen) atoms. The highest BCUT2D eigenvalue weighted by molar-refractivity contribution is 7.10. The van der Waals surface area contributed by atoms with Crippen LogP contribution in [0.3, 0.4) is 0 Å². The fourth-order valence-electron chi connectivity index (χ4n) is 0.829. The summed E-state index contributed by atoms with van der Waals surface area (Å²) in [6.45, 7) is 0. The summed E-state index contributed by atoms with van der Waals surface area (Å²) in [5, 5.41) is 10.3. The zero-order valence-electron chi connectivity index (χ0n) is 6.74. The molecule has 0 unspecified atom stereocenters. The highest BCUT2D eigenvalue weighted by Gasteiger charge is 2.02. The molecule has 0 amide bonds. The molecule has 0 saturated carbocycles.